The molecule has 20 valence electrons. The van der Waals surface area contributed by atoms with Crippen molar-refractivity contribution in [2.45, 2.75) is 0 Å². The molecular weight excluding hydrogens is 171 g/mol. The Morgan fingerprint density at radius 2 is 0.750 bits per heavy atom. The predicted molar refractivity (Wildman–Crippen MR) is 1.37 cm³/mol. The van der Waals surface area contributed by atoms with Gasteiger partial charge in [-0.05, 0) is 0 Å². The van der Waals surface area contributed by atoms with E-state index in [4.69, 9.17) is 0 Å². The first-order valence-corrected chi connectivity index (χ1v) is 0. The molecule has 0 heterocycles. The van der Waals surface area contributed by atoms with E-state index in [-0.39, 0.29) is 58.9 Å². The normalized spacial score (nSPS) is 0. The molecule has 0 radical (unpaired) electrons. The summed E-state index contributed by atoms with van der Waals surface area (Å²) in [4.78, 5) is 0. The molecule has 0 spiro atoms. The standard InChI is InChI=1S/2O.Ti.Zr/q2*-2;;+4. The molecule has 0 aliphatic rings. The van der Waals surface area contributed by atoms with Gasteiger partial charge < -0.3 is 11.0 Å². The van der Waals surface area contributed by atoms with Crippen molar-refractivity contribution in [2.24, 2.45) is 0 Å². The molecule has 0 bridgehead atoms. The van der Waals surface area contributed by atoms with Crippen LogP contribution in [0.25, 0.3) is 0 Å². The van der Waals surface area contributed by atoms with Crippen LogP contribution >= 0.6 is 0 Å². The number of hydrogen-bond donors (Lipinski definition) is 0. The summed E-state index contributed by atoms with van der Waals surface area (Å²) in [6.07, 6.45) is 0. The Hall–Kier alpha value is 1.52. The van der Waals surface area contributed by atoms with E-state index in [9.17, 15) is 0 Å². The first kappa shape index (κ1) is 48.9. The summed E-state index contributed by atoms with van der Waals surface area (Å²) in [7, 11) is 0. The van der Waals surface area contributed by atoms with Crippen molar-refractivity contribution in [1.82, 2.24) is 0 Å². The van der Waals surface area contributed by atoms with Gasteiger partial charge in [0.05, 0.1) is 0 Å². The molecule has 0 aromatic heterocycles. The van der Waals surface area contributed by atoms with Crippen LogP contribution in [0.5, 0.6) is 0 Å². The van der Waals surface area contributed by atoms with E-state index in [0.29, 0.717) is 0 Å². The molecule has 0 unspecified atom stereocenters. The molecule has 0 amide bonds. The Morgan fingerprint density at radius 1 is 0.750 bits per heavy atom. The van der Waals surface area contributed by atoms with E-state index in [1.54, 1.807) is 0 Å². The molecule has 0 atom stereocenters. The van der Waals surface area contributed by atoms with Crippen LogP contribution < -0.4 is 0 Å². The Bertz CT molecular complexity index is 6.00. The molecule has 4 heavy (non-hydrogen) atoms. The summed E-state index contributed by atoms with van der Waals surface area (Å²) in [5.41, 5.74) is 0. The van der Waals surface area contributed by atoms with Crippen LogP contribution in [0, 0.1) is 0 Å². The van der Waals surface area contributed by atoms with Crippen LogP contribution in [0.4, 0.5) is 0 Å². The van der Waals surface area contributed by atoms with Crippen LogP contribution in [0.2, 0.25) is 0 Å². The van der Waals surface area contributed by atoms with Gasteiger partial charge in [-0.2, -0.15) is 0 Å². The third-order valence-electron chi connectivity index (χ3n) is 0. The van der Waals surface area contributed by atoms with Gasteiger partial charge in [0.25, 0.3) is 0 Å². The fourth-order valence-electron chi connectivity index (χ4n) is 0. The number of hydrogen-bond acceptors (Lipinski definition) is 0. The molecule has 2 nitrogen and oxygen atoms in total. The minimum Gasteiger partial charge on any atom is -2.00 e. The molecule has 0 fully saturated rings. The Labute approximate surface area is 58.6 Å². The van der Waals surface area contributed by atoms with E-state index >= 15 is 0 Å². The quantitative estimate of drug-likeness (QED) is 0.451. The zero-order valence-electron chi connectivity index (χ0n) is 1.82. The molecule has 0 saturated carbocycles. The second kappa shape index (κ2) is 24.3. The van der Waals surface area contributed by atoms with Gasteiger partial charge in [0.2, 0.25) is 0 Å². The fraction of sp³-hybridized carbons (Fsp3) is 0. The van der Waals surface area contributed by atoms with Crippen molar-refractivity contribution < 1.29 is 58.9 Å². The van der Waals surface area contributed by atoms with E-state index in [2.05, 4.69) is 0 Å². The van der Waals surface area contributed by atoms with Crippen molar-refractivity contribution >= 4 is 0 Å². The molecule has 4 heteroatoms. The van der Waals surface area contributed by atoms with Crippen LogP contribution in [0.1, 0.15) is 0 Å². The minimum absolute atomic E-state index is 0. The van der Waals surface area contributed by atoms with E-state index in [1.165, 1.54) is 0 Å². The van der Waals surface area contributed by atoms with Crippen LogP contribution in [0.3, 0.4) is 0 Å². The summed E-state index contributed by atoms with van der Waals surface area (Å²) in [6.45, 7) is 0. The zero-order chi connectivity index (χ0) is 0. The summed E-state index contributed by atoms with van der Waals surface area (Å²) < 4.78 is 0. The monoisotopic (exact) mass is 170 g/mol. The van der Waals surface area contributed by atoms with Crippen LogP contribution in [-0.2, 0) is 58.9 Å². The van der Waals surface area contributed by atoms with Crippen molar-refractivity contribution in [3.8, 4) is 0 Å². The SMILES string of the molecule is [O-2].[O-2].[Ti].[Zr+4]. The van der Waals surface area contributed by atoms with Crippen molar-refractivity contribution in [1.29, 1.82) is 0 Å². The maximum Gasteiger partial charge on any atom is 4.00 e. The summed E-state index contributed by atoms with van der Waals surface area (Å²) in [6, 6.07) is 0. The van der Waals surface area contributed by atoms with Crippen LogP contribution in [0.15, 0.2) is 0 Å². The smallest absolute Gasteiger partial charge is 2.00 e. The second-order valence-corrected chi connectivity index (χ2v) is 0. The zero-order valence-corrected chi connectivity index (χ0v) is 5.84. The first-order chi connectivity index (χ1) is 0. The average Bonchev–Trinajstić information content (AvgIpc) is 0. The largest absolute Gasteiger partial charge is 4.00 e. The van der Waals surface area contributed by atoms with Gasteiger partial charge in [-0.15, -0.1) is 0 Å². The Kier molecular flexibility index (Phi) is 297. The first-order valence-electron chi connectivity index (χ1n) is 0. The topological polar surface area (TPSA) is 57.0 Å². The van der Waals surface area contributed by atoms with Gasteiger partial charge in [0.1, 0.15) is 0 Å². The van der Waals surface area contributed by atoms with Gasteiger partial charge in [0.15, 0.2) is 0 Å². The molecular formula is O2TiZr. The maximum atomic E-state index is 0. The predicted octanol–water partition coefficient (Wildman–Crippen LogP) is -0.243. The average molecular weight is 171 g/mol. The minimum atomic E-state index is 0. The van der Waals surface area contributed by atoms with E-state index in [1.807, 2.05) is 0 Å². The summed E-state index contributed by atoms with van der Waals surface area (Å²) >= 11 is 0. The van der Waals surface area contributed by atoms with Gasteiger partial charge in [-0.1, -0.05) is 0 Å². The Balaban J connectivity index is 0. The van der Waals surface area contributed by atoms with Gasteiger partial charge in [-0.25, -0.2) is 0 Å². The van der Waals surface area contributed by atoms with E-state index in [0.717, 1.165) is 0 Å². The maximum absolute atomic E-state index is 0. The summed E-state index contributed by atoms with van der Waals surface area (Å²) in [5, 5.41) is 0. The molecule has 0 saturated heterocycles. The summed E-state index contributed by atoms with van der Waals surface area (Å²) in [5.74, 6) is 0. The molecule has 0 aromatic rings. The molecule has 0 aliphatic carbocycles. The number of rotatable bonds is 0. The molecule has 0 N–H and O–H groups in total. The van der Waals surface area contributed by atoms with Gasteiger partial charge in [0, 0.05) is 21.7 Å². The van der Waals surface area contributed by atoms with Crippen molar-refractivity contribution in [3.63, 3.8) is 0 Å². The third-order valence-corrected chi connectivity index (χ3v) is 0. The molecule has 0 rings (SSSR count). The third kappa shape index (κ3) is 9.68. The molecule has 0 aliphatic heterocycles. The van der Waals surface area contributed by atoms with Gasteiger partial charge >= 0.3 is 26.2 Å². The van der Waals surface area contributed by atoms with Gasteiger partial charge in [-0.3, -0.25) is 0 Å². The van der Waals surface area contributed by atoms with Crippen molar-refractivity contribution in [3.05, 3.63) is 0 Å². The van der Waals surface area contributed by atoms with Crippen LogP contribution in [-0.4, -0.2) is 0 Å². The van der Waals surface area contributed by atoms with Crippen molar-refractivity contribution in [2.75, 3.05) is 0 Å². The Morgan fingerprint density at radius 3 is 0.750 bits per heavy atom. The molecule has 0 aromatic carbocycles. The van der Waals surface area contributed by atoms with E-state index < -0.39 is 0 Å². The fourth-order valence-corrected chi connectivity index (χ4v) is 0. The second-order valence-electron chi connectivity index (χ2n) is 0.